The third-order valence-corrected chi connectivity index (χ3v) is 11.7. The molecule has 12 amide bonds. The van der Waals surface area contributed by atoms with Crippen molar-refractivity contribution in [1.82, 2.24) is 52.3 Å². The normalized spacial score (nSPS) is 18.7. The average molecular weight is 1060 g/mol. The number of carboxylic acid groups (broad SMARTS) is 2. The maximum absolute atomic E-state index is 13.7. The summed E-state index contributed by atoms with van der Waals surface area (Å²) in [6.07, 6.45) is -2.76. The van der Waals surface area contributed by atoms with Crippen LogP contribution in [0.1, 0.15) is 78.6 Å². The van der Waals surface area contributed by atoms with Gasteiger partial charge in [0.05, 0.1) is 26.2 Å². The topological polar surface area (TPSA) is 521 Å². The summed E-state index contributed by atoms with van der Waals surface area (Å²) in [7, 11) is 0. The van der Waals surface area contributed by atoms with Crippen LogP contribution < -0.4 is 59.7 Å². The van der Waals surface area contributed by atoms with Gasteiger partial charge in [-0.2, -0.15) is 0 Å². The number of likely N-dealkylation sites (tertiary alicyclic amines) is 2. The Kier molecular flexibility index (Phi) is 25.2. The highest BCUT2D eigenvalue weighted by atomic mass is 16.4. The second-order valence-electron chi connectivity index (χ2n) is 17.5. The van der Waals surface area contributed by atoms with E-state index in [9.17, 15) is 92.7 Å². The number of hydrogen-bond acceptors (Lipinski definition) is 18. The van der Waals surface area contributed by atoms with E-state index in [1.165, 1.54) is 6.92 Å². The van der Waals surface area contributed by atoms with Crippen molar-refractivity contribution in [2.24, 2.45) is 17.2 Å². The summed E-state index contributed by atoms with van der Waals surface area (Å²) in [5, 5.41) is 65.9. The number of aliphatic hydroxyl groups excluding tert-OH is 3. The van der Waals surface area contributed by atoms with E-state index in [0.717, 1.165) is 23.6 Å². The summed E-state index contributed by atoms with van der Waals surface area (Å²) in [5.74, 6) is -15.4. The number of carboxylic acids is 2. The SMILES string of the molecule is C[C@H](NC(=O)[C@@H]1CCCN1C(=O)[C@H](CO)NC(=O)[C@H](C)NC(=O)[C@H](CC(=O)O)NC(=O)[C@H](CCC(=O)O)NC(=O)[C@H](CCC(N)=O)NC(=O)[C@H](C)NC(=O)[C@H](CO)NC(=O)[C@@H]1CCCN1C(=O)[C@@H](N)CO)C(N)=O. The molecule has 0 radical (unpaired) electrons. The van der Waals surface area contributed by atoms with E-state index in [2.05, 4.69) is 42.5 Å². The Bertz CT molecular complexity index is 2130. The molecule has 32 nitrogen and oxygen atoms in total. The molecule has 0 bridgehead atoms. The smallest absolute Gasteiger partial charge is 0.305 e. The number of aliphatic carboxylic acids is 2. The summed E-state index contributed by atoms with van der Waals surface area (Å²) in [6.45, 7) is 0.995. The number of carbonyl (C=O) groups excluding carboxylic acids is 12. The maximum Gasteiger partial charge on any atom is 0.305 e. The quantitative estimate of drug-likeness (QED) is 0.0318. The minimum Gasteiger partial charge on any atom is -0.481 e. The molecule has 0 aliphatic carbocycles. The molecule has 74 heavy (non-hydrogen) atoms. The molecule has 2 rings (SSSR count). The predicted octanol–water partition coefficient (Wildman–Crippen LogP) is -9.70. The third-order valence-electron chi connectivity index (χ3n) is 11.7. The predicted molar refractivity (Wildman–Crippen MR) is 248 cm³/mol. The Morgan fingerprint density at radius 2 is 0.905 bits per heavy atom. The highest BCUT2D eigenvalue weighted by Gasteiger charge is 2.41. The molecule has 0 aromatic rings. The lowest BCUT2D eigenvalue weighted by Crippen LogP contribution is -2.60. The van der Waals surface area contributed by atoms with Crippen LogP contribution in [0.4, 0.5) is 0 Å². The molecule has 2 saturated heterocycles. The van der Waals surface area contributed by atoms with Crippen molar-refractivity contribution in [1.29, 1.82) is 0 Å². The molecule has 0 spiro atoms. The monoisotopic (exact) mass is 1060 g/mol. The van der Waals surface area contributed by atoms with Gasteiger partial charge in [0.15, 0.2) is 0 Å². The second kappa shape index (κ2) is 29.8. The van der Waals surface area contributed by atoms with Crippen LogP contribution in [0.3, 0.4) is 0 Å². The largest absolute Gasteiger partial charge is 0.481 e. The lowest BCUT2D eigenvalue weighted by molar-refractivity contribution is -0.143. The van der Waals surface area contributed by atoms with Crippen molar-refractivity contribution in [3.8, 4) is 0 Å². The number of aliphatic hydroxyl groups is 3. The Morgan fingerprint density at radius 3 is 1.35 bits per heavy atom. The van der Waals surface area contributed by atoms with Gasteiger partial charge >= 0.3 is 11.9 Å². The molecular weight excluding hydrogens is 991 g/mol. The lowest BCUT2D eigenvalue weighted by atomic mass is 10.1. The average Bonchev–Trinajstić information content (AvgIpc) is 4.05. The van der Waals surface area contributed by atoms with Crippen molar-refractivity contribution >= 4 is 82.8 Å². The summed E-state index contributed by atoms with van der Waals surface area (Å²) >= 11 is 0. The third kappa shape index (κ3) is 19.1. The van der Waals surface area contributed by atoms with Crippen molar-refractivity contribution in [2.45, 2.75) is 145 Å². The fourth-order valence-electron chi connectivity index (χ4n) is 7.50. The number of rotatable bonds is 30. The van der Waals surface area contributed by atoms with Crippen LogP contribution in [0, 0.1) is 0 Å². The molecule has 2 fully saturated rings. The van der Waals surface area contributed by atoms with Crippen molar-refractivity contribution in [2.75, 3.05) is 32.9 Å². The highest BCUT2D eigenvalue weighted by molar-refractivity contribution is 6.00. The molecule has 2 heterocycles. The van der Waals surface area contributed by atoms with E-state index in [1.807, 2.05) is 0 Å². The second-order valence-corrected chi connectivity index (χ2v) is 17.5. The van der Waals surface area contributed by atoms with Gasteiger partial charge in [-0.25, -0.2) is 0 Å². The maximum atomic E-state index is 13.7. The van der Waals surface area contributed by atoms with Crippen molar-refractivity contribution in [3.63, 3.8) is 0 Å². The first kappa shape index (κ1) is 62.5. The standard InChI is InChI=1S/C42H67N13O19/c1-18(32(45)64)46-39(71)27-6-5-13-55(27)42(74)26(17-58)53-34(66)20(3)47-37(69)24(14-31(62)63)51-36(68)23(9-11-30(60)61)50-35(67)22(8-10-29(44)59)49-33(65)19(2)48-38(70)25(16-57)52-40(72)28-7-4-12-54(28)41(73)21(43)15-56/h18-28,56-58H,4-17,43H2,1-3H3,(H2,44,59)(H2,45,64)(H,46,71)(H,47,69)(H,48,70)(H,49,65)(H,50,67)(H,51,68)(H,52,72)(H,53,66)(H,60,61)(H,62,63)/t18-,19-,20-,21-,22-,23-,24-,25-,26-,27-,28-/m0/s1. The van der Waals surface area contributed by atoms with E-state index in [4.69, 9.17) is 17.2 Å². The van der Waals surface area contributed by atoms with Crippen LogP contribution in [-0.4, -0.2) is 218 Å². The van der Waals surface area contributed by atoms with Gasteiger partial charge in [0.1, 0.15) is 66.5 Å². The molecule has 2 aliphatic heterocycles. The molecule has 0 unspecified atom stereocenters. The fraction of sp³-hybridized carbons (Fsp3) is 0.667. The first-order valence-electron chi connectivity index (χ1n) is 23.3. The van der Waals surface area contributed by atoms with Crippen LogP contribution >= 0.6 is 0 Å². The van der Waals surface area contributed by atoms with Gasteiger partial charge in [-0.1, -0.05) is 0 Å². The van der Waals surface area contributed by atoms with E-state index in [0.29, 0.717) is 12.8 Å². The summed E-state index contributed by atoms with van der Waals surface area (Å²) in [4.78, 5) is 181. The minimum atomic E-state index is -2.03. The Labute approximate surface area is 422 Å². The summed E-state index contributed by atoms with van der Waals surface area (Å²) < 4.78 is 0. The van der Waals surface area contributed by atoms with Gasteiger partial charge in [0.2, 0.25) is 70.9 Å². The van der Waals surface area contributed by atoms with E-state index in [1.54, 1.807) is 0 Å². The van der Waals surface area contributed by atoms with Crippen LogP contribution in [0.2, 0.25) is 0 Å². The van der Waals surface area contributed by atoms with Crippen molar-refractivity contribution < 1.29 is 92.7 Å². The zero-order valence-corrected chi connectivity index (χ0v) is 40.8. The van der Waals surface area contributed by atoms with Gasteiger partial charge in [0, 0.05) is 25.9 Å². The van der Waals surface area contributed by atoms with E-state index < -0.39 is 201 Å². The first-order valence-corrected chi connectivity index (χ1v) is 23.3. The molecule has 414 valence electrons. The summed E-state index contributed by atoms with van der Waals surface area (Å²) in [5.41, 5.74) is 16.1. The van der Waals surface area contributed by atoms with Gasteiger partial charge < -0.3 is 95.1 Å². The lowest BCUT2D eigenvalue weighted by Gasteiger charge is -2.29. The molecule has 0 aromatic carbocycles. The number of primary amides is 2. The molecule has 0 aromatic heterocycles. The van der Waals surface area contributed by atoms with Crippen LogP contribution in [0.5, 0.6) is 0 Å². The first-order chi connectivity index (χ1) is 34.7. The molecule has 32 heteroatoms. The molecular formula is C42H67N13O19. The van der Waals surface area contributed by atoms with Crippen LogP contribution in [0.15, 0.2) is 0 Å². The molecule has 19 N–H and O–H groups in total. The number of nitrogens with zero attached hydrogens (tertiary/aromatic N) is 2. The van der Waals surface area contributed by atoms with Crippen LogP contribution in [-0.2, 0) is 67.1 Å². The summed E-state index contributed by atoms with van der Waals surface area (Å²) in [6, 6.07) is -16.8. The van der Waals surface area contributed by atoms with Gasteiger partial charge in [0.25, 0.3) is 0 Å². The van der Waals surface area contributed by atoms with Gasteiger partial charge in [-0.3, -0.25) is 67.1 Å². The number of hydrogen-bond donors (Lipinski definition) is 16. The fourth-order valence-corrected chi connectivity index (χ4v) is 7.50. The number of amides is 12. The molecule has 11 atom stereocenters. The zero-order valence-electron chi connectivity index (χ0n) is 40.8. The van der Waals surface area contributed by atoms with Gasteiger partial charge in [-0.05, 0) is 59.3 Å². The molecule has 0 saturated carbocycles. The van der Waals surface area contributed by atoms with Crippen molar-refractivity contribution in [3.05, 3.63) is 0 Å². The van der Waals surface area contributed by atoms with Gasteiger partial charge in [-0.15, -0.1) is 0 Å². The highest BCUT2D eigenvalue weighted by Crippen LogP contribution is 2.20. The molecule has 2 aliphatic rings. The number of nitrogens with two attached hydrogens (primary N) is 3. The minimum absolute atomic E-state index is 0.0281. The Morgan fingerprint density at radius 1 is 0.486 bits per heavy atom. The number of carbonyl (C=O) groups is 14. The van der Waals surface area contributed by atoms with E-state index in [-0.39, 0.29) is 25.9 Å². The van der Waals surface area contributed by atoms with Crippen LogP contribution in [0.25, 0.3) is 0 Å². The zero-order chi connectivity index (χ0) is 56.1. The Balaban J connectivity index is 2.20. The number of nitrogens with one attached hydrogen (secondary N) is 8. The Hall–Kier alpha value is -7.58. The van der Waals surface area contributed by atoms with E-state index >= 15 is 0 Å².